The summed E-state index contributed by atoms with van der Waals surface area (Å²) in [4.78, 5) is 58.3. The van der Waals surface area contributed by atoms with Crippen LogP contribution in [0.25, 0.3) is 16.9 Å². The number of aromatic nitrogens is 4. The standard InChI is InChI=1S/C33H32F3N7O4/c1-4-25-29(23-9-7-8-10-24(23)38-26(44)5-2)31(47)43-32(39-30(40-43)20-15-17-41(18-16-20)28(46)6-3)42(25)19-27(45)37-22-13-11-21(12-14-22)33(34,35)36/h5-14,20H,2-4,15-19H2,1H3,(H,37,45)(H,38,44). The molecule has 0 atom stereocenters. The molecule has 0 saturated carbocycles. The van der Waals surface area contributed by atoms with Crippen molar-refractivity contribution < 1.29 is 27.6 Å². The third kappa shape index (κ3) is 6.86. The van der Waals surface area contributed by atoms with E-state index in [1.807, 2.05) is 0 Å². The van der Waals surface area contributed by atoms with Crippen LogP contribution in [0.3, 0.4) is 0 Å². The minimum Gasteiger partial charge on any atom is -0.339 e. The number of nitrogens with one attached hydrogen (secondary N) is 2. The normalized spacial score (nSPS) is 13.7. The van der Waals surface area contributed by atoms with Gasteiger partial charge in [0.1, 0.15) is 6.54 Å². The van der Waals surface area contributed by atoms with Gasteiger partial charge in [-0.1, -0.05) is 38.3 Å². The maximum Gasteiger partial charge on any atom is 0.416 e. The molecule has 1 aliphatic heterocycles. The number of carbonyl (C=O) groups is 3. The number of para-hydroxylation sites is 1. The first-order chi connectivity index (χ1) is 22.4. The number of anilines is 2. The number of halogens is 3. The zero-order chi connectivity index (χ0) is 33.9. The van der Waals surface area contributed by atoms with Crippen LogP contribution in [0.2, 0.25) is 0 Å². The van der Waals surface area contributed by atoms with Gasteiger partial charge in [0.2, 0.25) is 23.5 Å². The van der Waals surface area contributed by atoms with Gasteiger partial charge in [-0.2, -0.15) is 22.7 Å². The van der Waals surface area contributed by atoms with Crippen molar-refractivity contribution in [2.24, 2.45) is 0 Å². The number of benzene rings is 2. The minimum absolute atomic E-state index is 0.102. The van der Waals surface area contributed by atoms with Crippen molar-refractivity contribution in [2.45, 2.75) is 44.8 Å². The summed E-state index contributed by atoms with van der Waals surface area (Å²) in [6.45, 7) is 9.37. The predicted molar refractivity (Wildman–Crippen MR) is 170 cm³/mol. The minimum atomic E-state index is -4.53. The van der Waals surface area contributed by atoms with Crippen molar-refractivity contribution in [3.63, 3.8) is 0 Å². The van der Waals surface area contributed by atoms with Crippen LogP contribution >= 0.6 is 0 Å². The lowest BCUT2D eigenvalue weighted by Gasteiger charge is -2.29. The van der Waals surface area contributed by atoms with Gasteiger partial charge in [0.05, 0.1) is 11.1 Å². The third-order valence-electron chi connectivity index (χ3n) is 7.99. The van der Waals surface area contributed by atoms with E-state index in [1.54, 1.807) is 40.7 Å². The number of carbonyl (C=O) groups excluding carboxylic acids is 3. The van der Waals surface area contributed by atoms with Gasteiger partial charge in [-0.15, -0.1) is 5.10 Å². The van der Waals surface area contributed by atoms with E-state index < -0.39 is 29.1 Å². The molecule has 4 aromatic rings. The third-order valence-corrected chi connectivity index (χ3v) is 7.99. The molecule has 1 saturated heterocycles. The fraction of sp³-hybridized carbons (Fsp3) is 0.273. The molecule has 0 aliphatic carbocycles. The van der Waals surface area contributed by atoms with Crippen molar-refractivity contribution in [1.29, 1.82) is 0 Å². The number of nitrogens with zero attached hydrogens (tertiary/aromatic N) is 5. The van der Waals surface area contributed by atoms with E-state index in [0.29, 0.717) is 48.7 Å². The monoisotopic (exact) mass is 647 g/mol. The van der Waals surface area contributed by atoms with E-state index in [4.69, 9.17) is 4.98 Å². The second-order valence-corrected chi connectivity index (χ2v) is 10.9. The van der Waals surface area contributed by atoms with Crippen molar-refractivity contribution >= 4 is 34.9 Å². The first kappa shape index (κ1) is 32.9. The fourth-order valence-corrected chi connectivity index (χ4v) is 5.66. The van der Waals surface area contributed by atoms with Gasteiger partial charge in [-0.05, 0) is 61.7 Å². The average molecular weight is 648 g/mol. The summed E-state index contributed by atoms with van der Waals surface area (Å²) in [5.41, 5.74) is 0.114. The van der Waals surface area contributed by atoms with E-state index in [0.717, 1.165) is 34.9 Å². The number of fused-ring (bicyclic) bond motifs is 1. The Bertz CT molecular complexity index is 1920. The molecule has 244 valence electrons. The lowest BCUT2D eigenvalue weighted by molar-refractivity contribution is -0.137. The van der Waals surface area contributed by atoms with Crippen molar-refractivity contribution in [2.75, 3.05) is 23.7 Å². The smallest absolute Gasteiger partial charge is 0.339 e. The molecular formula is C33H32F3N7O4. The van der Waals surface area contributed by atoms with Crippen LogP contribution in [-0.2, 0) is 33.5 Å². The number of alkyl halides is 3. The number of hydrogen-bond acceptors (Lipinski definition) is 6. The van der Waals surface area contributed by atoms with Gasteiger partial charge >= 0.3 is 6.18 Å². The highest BCUT2D eigenvalue weighted by Crippen LogP contribution is 2.32. The van der Waals surface area contributed by atoms with E-state index in [9.17, 15) is 32.3 Å². The molecule has 3 heterocycles. The zero-order valence-electron chi connectivity index (χ0n) is 25.5. The van der Waals surface area contributed by atoms with Gasteiger partial charge < -0.3 is 20.1 Å². The van der Waals surface area contributed by atoms with Gasteiger partial charge in [0, 0.05) is 41.6 Å². The Kier molecular flexibility index (Phi) is 9.40. The number of likely N-dealkylation sites (tertiary alicyclic amines) is 1. The van der Waals surface area contributed by atoms with Gasteiger partial charge in [0.15, 0.2) is 5.82 Å². The Morgan fingerprint density at radius 1 is 1.00 bits per heavy atom. The molecule has 2 aromatic carbocycles. The molecule has 11 nitrogen and oxygen atoms in total. The average Bonchev–Trinajstić information content (AvgIpc) is 3.52. The van der Waals surface area contributed by atoms with Gasteiger partial charge in [-0.25, -0.2) is 0 Å². The number of piperidine rings is 1. The van der Waals surface area contributed by atoms with Gasteiger partial charge in [0.25, 0.3) is 5.56 Å². The molecular weight excluding hydrogens is 615 g/mol. The van der Waals surface area contributed by atoms with E-state index in [2.05, 4.69) is 28.9 Å². The van der Waals surface area contributed by atoms with Crippen LogP contribution in [0, 0.1) is 0 Å². The molecule has 0 radical (unpaired) electrons. The molecule has 0 bridgehead atoms. The van der Waals surface area contributed by atoms with Gasteiger partial charge in [-0.3, -0.25) is 19.2 Å². The van der Waals surface area contributed by atoms with Crippen molar-refractivity contribution in [3.05, 3.63) is 101 Å². The summed E-state index contributed by atoms with van der Waals surface area (Å²) in [6, 6.07) is 10.7. The molecule has 2 aromatic heterocycles. The lowest BCUT2D eigenvalue weighted by Crippen LogP contribution is -2.37. The summed E-state index contributed by atoms with van der Waals surface area (Å²) < 4.78 is 41.8. The molecule has 0 spiro atoms. The van der Waals surface area contributed by atoms with E-state index in [1.165, 1.54) is 6.08 Å². The second kappa shape index (κ2) is 13.4. The van der Waals surface area contributed by atoms with Crippen LogP contribution in [0.5, 0.6) is 0 Å². The van der Waals surface area contributed by atoms with E-state index in [-0.39, 0.29) is 41.8 Å². The molecule has 14 heteroatoms. The van der Waals surface area contributed by atoms with Crippen LogP contribution in [0.15, 0.2) is 78.6 Å². The molecule has 3 amide bonds. The first-order valence-corrected chi connectivity index (χ1v) is 14.9. The molecule has 5 rings (SSSR count). The summed E-state index contributed by atoms with van der Waals surface area (Å²) in [5, 5.41) is 9.92. The number of amides is 3. The highest BCUT2D eigenvalue weighted by molar-refractivity contribution is 6.02. The fourth-order valence-electron chi connectivity index (χ4n) is 5.66. The topological polar surface area (TPSA) is 131 Å². The van der Waals surface area contributed by atoms with Crippen LogP contribution < -0.4 is 16.2 Å². The Morgan fingerprint density at radius 3 is 2.30 bits per heavy atom. The van der Waals surface area contributed by atoms with Crippen molar-refractivity contribution in [3.8, 4) is 11.1 Å². The van der Waals surface area contributed by atoms with Crippen LogP contribution in [0.4, 0.5) is 24.5 Å². The molecule has 2 N–H and O–H groups in total. The highest BCUT2D eigenvalue weighted by atomic mass is 19.4. The van der Waals surface area contributed by atoms with E-state index >= 15 is 0 Å². The van der Waals surface area contributed by atoms with Crippen molar-refractivity contribution in [1.82, 2.24) is 24.1 Å². The summed E-state index contributed by atoms with van der Waals surface area (Å²) in [6.07, 6.45) is -0.813. The number of rotatable bonds is 9. The quantitative estimate of drug-likeness (QED) is 0.251. The Morgan fingerprint density at radius 2 is 1.68 bits per heavy atom. The predicted octanol–water partition coefficient (Wildman–Crippen LogP) is 4.79. The largest absolute Gasteiger partial charge is 0.416 e. The maximum atomic E-state index is 14.2. The highest BCUT2D eigenvalue weighted by Gasteiger charge is 2.31. The zero-order valence-corrected chi connectivity index (χ0v) is 25.5. The maximum absolute atomic E-state index is 14.2. The SMILES string of the molecule is C=CC(=O)Nc1ccccc1-c1c(CC)n(CC(=O)Nc2ccc(C(F)(F)F)cc2)c2nc(C3CCN(C(=O)C=C)CC3)nn2c1=O. The molecule has 0 unspecified atom stereocenters. The molecule has 1 fully saturated rings. The Hall–Kier alpha value is -5.53. The Labute approximate surface area is 267 Å². The summed E-state index contributed by atoms with van der Waals surface area (Å²) >= 11 is 0. The van der Waals surface area contributed by atoms with Crippen LogP contribution in [0.1, 0.15) is 42.8 Å². The first-order valence-electron chi connectivity index (χ1n) is 14.9. The molecule has 47 heavy (non-hydrogen) atoms. The second-order valence-electron chi connectivity index (χ2n) is 10.9. The summed E-state index contributed by atoms with van der Waals surface area (Å²) in [5.74, 6) is -0.945. The van der Waals surface area contributed by atoms with Crippen LogP contribution in [-0.4, -0.2) is 54.9 Å². The molecule has 1 aliphatic rings. The Balaban J connectivity index is 1.60. The summed E-state index contributed by atoms with van der Waals surface area (Å²) in [7, 11) is 0. The number of hydrogen-bond donors (Lipinski definition) is 2. The lowest BCUT2D eigenvalue weighted by atomic mass is 9.96.